The number of hydrogen-bond acceptors (Lipinski definition) is 8. The summed E-state index contributed by atoms with van der Waals surface area (Å²) >= 11 is 3.01. The van der Waals surface area contributed by atoms with E-state index in [1.807, 2.05) is 0 Å². The zero-order valence-electron chi connectivity index (χ0n) is 19.9. The third kappa shape index (κ3) is 3.05. The van der Waals surface area contributed by atoms with Crippen LogP contribution in [0.25, 0.3) is 0 Å². The third-order valence-corrected chi connectivity index (χ3v) is 11.4. The van der Waals surface area contributed by atoms with E-state index in [2.05, 4.69) is 23.9 Å². The van der Waals surface area contributed by atoms with Gasteiger partial charge < -0.3 is 14.5 Å². The first-order chi connectivity index (χ1) is 16.8. The maximum absolute atomic E-state index is 13.5. The number of carbonyl (C=O) groups excluding carboxylic acids is 2. The number of thiazole rings is 1. The Balaban J connectivity index is 1.31. The summed E-state index contributed by atoms with van der Waals surface area (Å²) in [5.74, 6) is 0.570. The van der Waals surface area contributed by atoms with Crippen LogP contribution in [0.3, 0.4) is 0 Å². The molecule has 184 valence electrons. The number of hydrazone groups is 1. The number of aromatic nitrogens is 1. The lowest BCUT2D eigenvalue weighted by Gasteiger charge is -2.48. The molecule has 0 unspecified atom stereocenters. The molecule has 1 aromatic carbocycles. The van der Waals surface area contributed by atoms with Crippen LogP contribution in [0.4, 0.5) is 0 Å². The summed E-state index contributed by atoms with van der Waals surface area (Å²) in [6, 6.07) is 5.33. The van der Waals surface area contributed by atoms with Crippen molar-refractivity contribution in [1.82, 2.24) is 9.99 Å². The summed E-state index contributed by atoms with van der Waals surface area (Å²) < 4.78 is 10.6. The number of amides is 2. The summed E-state index contributed by atoms with van der Waals surface area (Å²) in [5.41, 5.74) is 0.526. The van der Waals surface area contributed by atoms with Gasteiger partial charge in [-0.1, -0.05) is 25.2 Å². The Bertz CT molecular complexity index is 1320. The zero-order valence-corrected chi connectivity index (χ0v) is 21.6. The van der Waals surface area contributed by atoms with Crippen LogP contribution < -0.4 is 14.3 Å². The van der Waals surface area contributed by atoms with Crippen LogP contribution in [0.5, 0.6) is 11.5 Å². The maximum atomic E-state index is 13.5. The van der Waals surface area contributed by atoms with Crippen molar-refractivity contribution >= 4 is 41.1 Å². The zero-order chi connectivity index (χ0) is 24.6. The van der Waals surface area contributed by atoms with Crippen LogP contribution in [-0.2, 0) is 15.0 Å². The Morgan fingerprint density at radius 1 is 1.14 bits per heavy atom. The van der Waals surface area contributed by atoms with Crippen LogP contribution in [0.15, 0.2) is 33.1 Å². The van der Waals surface area contributed by atoms with Crippen LogP contribution in [-0.4, -0.2) is 47.5 Å². The number of imide groups is 1. The molecule has 1 saturated heterocycles. The largest absolute Gasteiger partial charge is 0.493 e. The fourth-order valence-corrected chi connectivity index (χ4v) is 10.2. The lowest BCUT2D eigenvalue weighted by molar-refractivity contribution is -0.140. The van der Waals surface area contributed by atoms with Crippen LogP contribution in [0.2, 0.25) is 0 Å². The van der Waals surface area contributed by atoms with Crippen molar-refractivity contribution in [2.45, 2.75) is 42.4 Å². The summed E-state index contributed by atoms with van der Waals surface area (Å²) in [7, 11) is 3.12. The van der Waals surface area contributed by atoms with E-state index in [-0.39, 0.29) is 56.9 Å². The molecule has 2 saturated carbocycles. The molecule has 6 rings (SSSR count). The fraction of sp³-hybridized carbons (Fsp3) is 0.520. The number of fused-ring (bicyclic) bond motifs is 9. The number of thioether (sulfide) groups is 1. The predicted molar refractivity (Wildman–Crippen MR) is 133 cm³/mol. The van der Waals surface area contributed by atoms with Gasteiger partial charge in [0, 0.05) is 15.5 Å². The first kappa shape index (κ1) is 22.8. The SMILES string of the molecule is CC[C@]1(C)c2sc(=O)[nH]c2S[C@H]2[C@H]3C[C@@H]([C@@H]4C(=O)N(/N=C\c5ccc(OC)c(OC)c5)C(=O)[C@@H]34)[C@@H]21. The second-order valence-electron chi connectivity index (χ2n) is 10.0. The van der Waals surface area contributed by atoms with Crippen molar-refractivity contribution in [3.63, 3.8) is 0 Å². The molecule has 3 fully saturated rings. The smallest absolute Gasteiger partial charge is 0.305 e. The molecule has 4 aliphatic rings. The lowest BCUT2D eigenvalue weighted by Crippen LogP contribution is -2.49. The van der Waals surface area contributed by atoms with Gasteiger partial charge in [0.25, 0.3) is 11.8 Å². The molecule has 3 heterocycles. The molecule has 1 aromatic heterocycles. The molecule has 2 aliphatic heterocycles. The van der Waals surface area contributed by atoms with Crippen molar-refractivity contribution < 1.29 is 19.1 Å². The number of H-pyrrole nitrogens is 1. The van der Waals surface area contributed by atoms with E-state index < -0.39 is 0 Å². The van der Waals surface area contributed by atoms with E-state index in [0.717, 1.165) is 27.8 Å². The van der Waals surface area contributed by atoms with Gasteiger partial charge >= 0.3 is 4.87 Å². The van der Waals surface area contributed by atoms with E-state index >= 15 is 0 Å². The molecular formula is C25H27N3O5S2. The average Bonchev–Trinajstić information content (AvgIpc) is 3.59. The Morgan fingerprint density at radius 2 is 1.86 bits per heavy atom. The number of nitrogens with one attached hydrogen (secondary N) is 1. The predicted octanol–water partition coefficient (Wildman–Crippen LogP) is 3.50. The highest BCUT2D eigenvalue weighted by atomic mass is 32.2. The molecular weight excluding hydrogens is 486 g/mol. The minimum atomic E-state index is -0.336. The maximum Gasteiger partial charge on any atom is 0.305 e. The minimum absolute atomic E-state index is 0.0301. The number of carbonyl (C=O) groups is 2. The van der Waals surface area contributed by atoms with Crippen LogP contribution in [0, 0.1) is 29.6 Å². The van der Waals surface area contributed by atoms with Gasteiger partial charge in [0.15, 0.2) is 11.5 Å². The topological polar surface area (TPSA) is 101 Å². The minimum Gasteiger partial charge on any atom is -0.493 e. The molecule has 8 nitrogen and oxygen atoms in total. The molecule has 2 aromatic rings. The highest BCUT2D eigenvalue weighted by Crippen LogP contribution is 2.69. The van der Waals surface area contributed by atoms with Crippen molar-refractivity contribution in [1.29, 1.82) is 0 Å². The first-order valence-electron chi connectivity index (χ1n) is 11.9. The average molecular weight is 514 g/mol. The lowest BCUT2D eigenvalue weighted by atomic mass is 9.62. The van der Waals surface area contributed by atoms with Crippen LogP contribution in [0.1, 0.15) is 37.1 Å². The Kier molecular flexibility index (Phi) is 5.20. The molecule has 2 aliphatic carbocycles. The quantitative estimate of drug-likeness (QED) is 0.485. The van der Waals surface area contributed by atoms with Gasteiger partial charge in [-0.05, 0) is 54.4 Å². The number of methoxy groups -OCH3 is 2. The Labute approximate surface area is 211 Å². The fourth-order valence-electron chi connectivity index (χ4n) is 7.05. The Hall–Kier alpha value is -2.59. The van der Waals surface area contributed by atoms with Crippen molar-refractivity contribution in [2.75, 3.05) is 14.2 Å². The van der Waals surface area contributed by atoms with Gasteiger partial charge in [0.05, 0.1) is 37.3 Å². The normalized spacial score (nSPS) is 34.9. The van der Waals surface area contributed by atoms with Gasteiger partial charge in [0.2, 0.25) is 0 Å². The third-order valence-electron chi connectivity index (χ3n) is 8.67. The number of hydrogen-bond donors (Lipinski definition) is 1. The summed E-state index contributed by atoms with van der Waals surface area (Å²) in [6.07, 6.45) is 3.30. The van der Waals surface area contributed by atoms with Gasteiger partial charge in [-0.2, -0.15) is 10.1 Å². The number of benzene rings is 1. The highest BCUT2D eigenvalue weighted by molar-refractivity contribution is 8.00. The van der Waals surface area contributed by atoms with E-state index in [0.29, 0.717) is 17.1 Å². The summed E-state index contributed by atoms with van der Waals surface area (Å²) in [6.45, 7) is 4.39. The molecule has 10 heteroatoms. The molecule has 0 radical (unpaired) electrons. The van der Waals surface area contributed by atoms with E-state index in [4.69, 9.17) is 9.47 Å². The second kappa shape index (κ2) is 7.96. The van der Waals surface area contributed by atoms with E-state index in [1.54, 1.807) is 44.2 Å². The van der Waals surface area contributed by atoms with Crippen molar-refractivity contribution in [3.05, 3.63) is 38.3 Å². The van der Waals surface area contributed by atoms with Crippen LogP contribution >= 0.6 is 23.1 Å². The summed E-state index contributed by atoms with van der Waals surface area (Å²) in [4.78, 5) is 43.3. The first-order valence-corrected chi connectivity index (χ1v) is 13.6. The Morgan fingerprint density at radius 3 is 2.54 bits per heavy atom. The van der Waals surface area contributed by atoms with Gasteiger partial charge in [-0.15, -0.1) is 11.8 Å². The molecule has 0 spiro atoms. The molecule has 2 amide bonds. The number of ether oxygens (including phenoxy) is 2. The molecule has 7 atom stereocenters. The number of nitrogens with zero attached hydrogens (tertiary/aromatic N) is 2. The summed E-state index contributed by atoms with van der Waals surface area (Å²) in [5, 5.41) is 6.60. The number of aromatic amines is 1. The molecule has 35 heavy (non-hydrogen) atoms. The second-order valence-corrected chi connectivity index (χ2v) is 12.2. The van der Waals surface area contributed by atoms with Gasteiger partial charge in [-0.25, -0.2) is 0 Å². The highest BCUT2D eigenvalue weighted by Gasteiger charge is 2.71. The van der Waals surface area contributed by atoms with E-state index in [9.17, 15) is 14.4 Å². The van der Waals surface area contributed by atoms with Gasteiger partial charge in [-0.3, -0.25) is 14.4 Å². The molecule has 2 bridgehead atoms. The van der Waals surface area contributed by atoms with E-state index in [1.165, 1.54) is 17.6 Å². The monoisotopic (exact) mass is 513 g/mol. The standard InChI is InChI=1S/C25H27N3O5S2/c1-5-25(2)18-12-9-13(19(18)34-21-20(25)35-24(31)27-21)17-16(12)22(29)28(23(17)30)26-10-11-6-7-14(32-3)15(8-11)33-4/h6-8,10,12-13,16-19H,5,9H2,1-4H3,(H,27,31)/b26-10-/t12-,13-,16-,17-,18-,19-,25-/m0/s1. The molecule has 1 N–H and O–H groups in total. The number of rotatable bonds is 5. The van der Waals surface area contributed by atoms with Gasteiger partial charge in [0.1, 0.15) is 0 Å². The van der Waals surface area contributed by atoms with Crippen molar-refractivity contribution in [3.8, 4) is 11.5 Å². The van der Waals surface area contributed by atoms with Crippen molar-refractivity contribution in [2.24, 2.45) is 34.7 Å².